The van der Waals surface area contributed by atoms with E-state index in [1.54, 1.807) is 19.1 Å². The van der Waals surface area contributed by atoms with Gasteiger partial charge in [0.05, 0.1) is 6.10 Å². The Hall–Kier alpha value is -1.20. The highest BCUT2D eigenvalue weighted by Gasteiger charge is 2.21. The summed E-state index contributed by atoms with van der Waals surface area (Å²) < 4.78 is 28.8. The average molecular weight is 301 g/mol. The van der Waals surface area contributed by atoms with Crippen LogP contribution in [-0.2, 0) is 0 Å². The molecule has 120 valence electrons. The van der Waals surface area contributed by atoms with Crippen molar-refractivity contribution in [1.29, 1.82) is 0 Å². The molecule has 2 unspecified atom stereocenters. The van der Waals surface area contributed by atoms with Crippen LogP contribution in [0.25, 0.3) is 0 Å². The highest BCUT2D eigenvalue weighted by Crippen LogP contribution is 2.24. The number of hydrogen-bond donors (Lipinski definition) is 2. The highest BCUT2D eigenvalue weighted by molar-refractivity contribution is 5.30. The minimum absolute atomic E-state index is 0.0134. The molecule has 0 aliphatic rings. The van der Waals surface area contributed by atoms with Crippen LogP contribution in [0.3, 0.4) is 0 Å². The molecule has 21 heavy (non-hydrogen) atoms. The maximum absolute atomic E-state index is 12.2. The minimum atomic E-state index is -2.81. The lowest BCUT2D eigenvalue weighted by Gasteiger charge is -2.28. The summed E-state index contributed by atoms with van der Waals surface area (Å²) in [5, 5.41) is 12.8. The van der Waals surface area contributed by atoms with Gasteiger partial charge in [-0.1, -0.05) is 26.0 Å². The molecule has 3 nitrogen and oxygen atoms in total. The summed E-state index contributed by atoms with van der Waals surface area (Å²) in [5.41, 5.74) is 0.848. The highest BCUT2D eigenvalue weighted by atomic mass is 19.3. The summed E-state index contributed by atoms with van der Waals surface area (Å²) in [4.78, 5) is 0. The van der Waals surface area contributed by atoms with Gasteiger partial charge in [-0.05, 0) is 43.4 Å². The van der Waals surface area contributed by atoms with Crippen LogP contribution >= 0.6 is 0 Å². The summed E-state index contributed by atoms with van der Waals surface area (Å²) in [6.45, 7) is 5.81. The third kappa shape index (κ3) is 6.87. The van der Waals surface area contributed by atoms with E-state index >= 15 is 0 Å². The molecule has 0 heterocycles. The van der Waals surface area contributed by atoms with Crippen molar-refractivity contribution in [2.75, 3.05) is 6.54 Å². The summed E-state index contributed by atoms with van der Waals surface area (Å²) in [7, 11) is 0. The van der Waals surface area contributed by atoms with E-state index in [9.17, 15) is 13.9 Å². The number of ether oxygens (including phenoxy) is 1. The number of benzene rings is 1. The van der Waals surface area contributed by atoms with Crippen LogP contribution in [0.4, 0.5) is 8.78 Å². The van der Waals surface area contributed by atoms with Gasteiger partial charge in [-0.15, -0.1) is 0 Å². The smallest absolute Gasteiger partial charge is 0.387 e. The van der Waals surface area contributed by atoms with Gasteiger partial charge in [-0.2, -0.15) is 8.78 Å². The second-order valence-electron chi connectivity index (χ2n) is 6.27. The van der Waals surface area contributed by atoms with Gasteiger partial charge in [-0.25, -0.2) is 0 Å². The summed E-state index contributed by atoms with van der Waals surface area (Å²) in [6.07, 6.45) is 0.348. The van der Waals surface area contributed by atoms with E-state index in [4.69, 9.17) is 0 Å². The lowest BCUT2D eigenvalue weighted by molar-refractivity contribution is -0.0499. The molecule has 0 bridgehead atoms. The van der Waals surface area contributed by atoms with E-state index in [1.807, 2.05) is 13.0 Å². The van der Waals surface area contributed by atoms with Crippen LogP contribution < -0.4 is 10.1 Å². The number of nitrogens with one attached hydrogen (secondary N) is 1. The van der Waals surface area contributed by atoms with Gasteiger partial charge < -0.3 is 15.2 Å². The van der Waals surface area contributed by atoms with Crippen molar-refractivity contribution in [3.05, 3.63) is 29.8 Å². The fraction of sp³-hybridized carbons (Fsp3) is 0.625. The average Bonchev–Trinajstić information content (AvgIpc) is 2.34. The van der Waals surface area contributed by atoms with E-state index in [0.717, 1.165) is 12.1 Å². The maximum atomic E-state index is 12.2. The first-order valence-corrected chi connectivity index (χ1v) is 7.16. The van der Waals surface area contributed by atoms with Gasteiger partial charge in [-0.3, -0.25) is 0 Å². The Morgan fingerprint density at radius 2 is 1.95 bits per heavy atom. The largest absolute Gasteiger partial charge is 0.435 e. The van der Waals surface area contributed by atoms with E-state index in [2.05, 4.69) is 23.9 Å². The Labute approximate surface area is 125 Å². The normalized spacial score (nSPS) is 15.0. The van der Waals surface area contributed by atoms with Crippen LogP contribution in [0.1, 0.15) is 45.7 Å². The molecular weight excluding hydrogens is 276 g/mol. The zero-order chi connectivity index (χ0) is 16.0. The van der Waals surface area contributed by atoms with Gasteiger partial charge in [0.15, 0.2) is 0 Å². The molecule has 5 heteroatoms. The molecule has 1 rings (SSSR count). The standard InChI is InChI=1S/C16H25F2NO2/c1-11(20)9-16(3,4)10-19-12(2)13-6-5-7-14(8-13)21-15(17)18/h5-8,11-12,15,19-20H,9-10H2,1-4H3. The van der Waals surface area contributed by atoms with E-state index in [1.165, 1.54) is 6.07 Å². The van der Waals surface area contributed by atoms with Crippen molar-refractivity contribution in [2.45, 2.75) is 52.9 Å². The Balaban J connectivity index is 2.61. The summed E-state index contributed by atoms with van der Waals surface area (Å²) in [5.74, 6) is 0.166. The Kier molecular flexibility index (Phi) is 6.55. The van der Waals surface area contributed by atoms with Crippen LogP contribution in [-0.4, -0.2) is 24.4 Å². The zero-order valence-electron chi connectivity index (χ0n) is 13.1. The molecule has 1 aromatic rings. The lowest BCUT2D eigenvalue weighted by atomic mass is 9.86. The van der Waals surface area contributed by atoms with Crippen LogP contribution in [0.15, 0.2) is 24.3 Å². The zero-order valence-corrected chi connectivity index (χ0v) is 13.1. The fourth-order valence-corrected chi connectivity index (χ4v) is 2.38. The second-order valence-corrected chi connectivity index (χ2v) is 6.27. The van der Waals surface area contributed by atoms with Gasteiger partial charge in [0.1, 0.15) is 5.75 Å². The molecule has 1 aromatic carbocycles. The van der Waals surface area contributed by atoms with Crippen molar-refractivity contribution in [3.63, 3.8) is 0 Å². The first-order valence-electron chi connectivity index (χ1n) is 7.16. The number of alkyl halides is 2. The number of aliphatic hydroxyl groups is 1. The predicted octanol–water partition coefficient (Wildman–Crippen LogP) is 3.74. The predicted molar refractivity (Wildman–Crippen MR) is 79.6 cm³/mol. The van der Waals surface area contributed by atoms with Crippen molar-refractivity contribution in [3.8, 4) is 5.75 Å². The van der Waals surface area contributed by atoms with Crippen LogP contribution in [0, 0.1) is 5.41 Å². The number of aliphatic hydroxyl groups excluding tert-OH is 1. The molecule has 2 atom stereocenters. The van der Waals surface area contributed by atoms with E-state index < -0.39 is 6.61 Å². The monoisotopic (exact) mass is 301 g/mol. The molecule has 0 saturated carbocycles. The lowest BCUT2D eigenvalue weighted by Crippen LogP contribution is -2.33. The molecule has 0 radical (unpaired) electrons. The van der Waals surface area contributed by atoms with Gasteiger partial charge in [0.25, 0.3) is 0 Å². The Bertz CT molecular complexity index is 436. The number of rotatable bonds is 8. The van der Waals surface area contributed by atoms with Crippen LogP contribution in [0.5, 0.6) is 5.75 Å². The quantitative estimate of drug-likeness (QED) is 0.768. The molecule has 2 N–H and O–H groups in total. The van der Waals surface area contributed by atoms with Gasteiger partial charge in [0, 0.05) is 12.6 Å². The molecular formula is C16H25F2NO2. The number of halogens is 2. The Morgan fingerprint density at radius 1 is 1.29 bits per heavy atom. The molecule has 0 aliphatic heterocycles. The van der Waals surface area contributed by atoms with E-state index in [-0.39, 0.29) is 23.3 Å². The van der Waals surface area contributed by atoms with Gasteiger partial charge >= 0.3 is 6.61 Å². The molecule has 0 aliphatic carbocycles. The fourth-order valence-electron chi connectivity index (χ4n) is 2.38. The molecule has 0 fully saturated rings. The van der Waals surface area contributed by atoms with E-state index in [0.29, 0.717) is 6.42 Å². The van der Waals surface area contributed by atoms with Crippen LogP contribution in [0.2, 0.25) is 0 Å². The number of hydrogen-bond acceptors (Lipinski definition) is 3. The molecule has 0 amide bonds. The van der Waals surface area contributed by atoms with Crippen molar-refractivity contribution >= 4 is 0 Å². The molecule has 0 spiro atoms. The Morgan fingerprint density at radius 3 is 2.52 bits per heavy atom. The first-order chi connectivity index (χ1) is 9.69. The topological polar surface area (TPSA) is 41.5 Å². The van der Waals surface area contributed by atoms with Crippen molar-refractivity contribution in [1.82, 2.24) is 5.32 Å². The van der Waals surface area contributed by atoms with Crippen molar-refractivity contribution in [2.24, 2.45) is 5.41 Å². The summed E-state index contributed by atoms with van der Waals surface area (Å²) >= 11 is 0. The van der Waals surface area contributed by atoms with Gasteiger partial charge in [0.2, 0.25) is 0 Å². The van der Waals surface area contributed by atoms with Crippen molar-refractivity contribution < 1.29 is 18.6 Å². The third-order valence-corrected chi connectivity index (χ3v) is 3.32. The summed E-state index contributed by atoms with van der Waals surface area (Å²) in [6, 6.07) is 6.72. The molecule has 0 saturated heterocycles. The second kappa shape index (κ2) is 7.71. The minimum Gasteiger partial charge on any atom is -0.435 e. The SMILES string of the molecule is CC(O)CC(C)(C)CNC(C)c1cccc(OC(F)F)c1. The first kappa shape index (κ1) is 17.9. The third-order valence-electron chi connectivity index (χ3n) is 3.32. The maximum Gasteiger partial charge on any atom is 0.387 e. The molecule has 0 aromatic heterocycles.